The van der Waals surface area contributed by atoms with Crippen molar-refractivity contribution in [2.45, 2.75) is 19.5 Å². The van der Waals surface area contributed by atoms with Gasteiger partial charge in [0.05, 0.1) is 16.6 Å². The number of nitrogens with zero attached hydrogens (tertiary/aromatic N) is 2. The minimum atomic E-state index is -4.42. The zero-order chi connectivity index (χ0) is 15.7. The van der Waals surface area contributed by atoms with Gasteiger partial charge in [-0.15, -0.1) is 11.3 Å². The van der Waals surface area contributed by atoms with E-state index in [1.54, 1.807) is 6.07 Å². The molecule has 0 aliphatic carbocycles. The molecule has 114 valence electrons. The van der Waals surface area contributed by atoms with Crippen LogP contribution in [-0.2, 0) is 12.6 Å². The molecule has 0 radical (unpaired) electrons. The molecular weight excluding hydrogens is 311 g/mol. The molecule has 0 unspecified atom stereocenters. The highest BCUT2D eigenvalue weighted by atomic mass is 32.1. The van der Waals surface area contributed by atoms with Crippen molar-refractivity contribution >= 4 is 33.1 Å². The van der Waals surface area contributed by atoms with Crippen molar-refractivity contribution in [3.05, 3.63) is 47.1 Å². The number of hydrogen-bond donors (Lipinski definition) is 1. The number of rotatable bonds is 3. The molecule has 3 nitrogen and oxygen atoms in total. The maximum Gasteiger partial charge on any atom is 0.418 e. The topological polar surface area (TPSA) is 37.8 Å². The number of anilines is 2. The predicted octanol–water partition coefficient (Wildman–Crippen LogP) is 5.02. The summed E-state index contributed by atoms with van der Waals surface area (Å²) in [6.45, 7) is 2.02. The van der Waals surface area contributed by atoms with E-state index in [2.05, 4.69) is 15.3 Å². The molecule has 3 aromatic rings. The molecule has 0 amide bonds. The summed E-state index contributed by atoms with van der Waals surface area (Å²) in [4.78, 5) is 10.1. The highest BCUT2D eigenvalue weighted by Crippen LogP contribution is 2.37. The summed E-state index contributed by atoms with van der Waals surface area (Å²) >= 11 is 1.52. The van der Waals surface area contributed by atoms with Crippen LogP contribution in [0.2, 0.25) is 0 Å². The van der Waals surface area contributed by atoms with Crippen LogP contribution in [0.1, 0.15) is 17.4 Å². The van der Waals surface area contributed by atoms with E-state index in [1.165, 1.54) is 29.8 Å². The molecule has 0 aliphatic rings. The Morgan fingerprint density at radius 3 is 2.68 bits per heavy atom. The normalized spacial score (nSPS) is 11.8. The second kappa shape index (κ2) is 5.57. The molecule has 0 spiro atoms. The Balaban J connectivity index is 2.06. The Bertz CT molecular complexity index is 811. The average molecular weight is 323 g/mol. The zero-order valence-electron chi connectivity index (χ0n) is 11.6. The van der Waals surface area contributed by atoms with E-state index in [-0.39, 0.29) is 5.69 Å². The van der Waals surface area contributed by atoms with Crippen molar-refractivity contribution in [1.29, 1.82) is 0 Å². The van der Waals surface area contributed by atoms with Crippen LogP contribution >= 0.6 is 11.3 Å². The van der Waals surface area contributed by atoms with Gasteiger partial charge in [-0.05, 0) is 24.6 Å². The minimum absolute atomic E-state index is 0.0146. The van der Waals surface area contributed by atoms with Gasteiger partial charge in [0, 0.05) is 4.88 Å². The monoisotopic (exact) mass is 323 g/mol. The third-order valence-corrected chi connectivity index (χ3v) is 4.40. The number of aryl methyl sites for hydroxylation is 1. The molecule has 1 N–H and O–H groups in total. The largest absolute Gasteiger partial charge is 0.418 e. The van der Waals surface area contributed by atoms with Crippen LogP contribution in [0.5, 0.6) is 0 Å². The fourth-order valence-electron chi connectivity index (χ4n) is 2.15. The van der Waals surface area contributed by atoms with Crippen LogP contribution in [0.25, 0.3) is 10.2 Å². The van der Waals surface area contributed by atoms with Crippen molar-refractivity contribution in [2.75, 3.05) is 5.32 Å². The van der Waals surface area contributed by atoms with Crippen molar-refractivity contribution in [2.24, 2.45) is 0 Å². The third kappa shape index (κ3) is 2.76. The summed E-state index contributed by atoms with van der Waals surface area (Å²) < 4.78 is 39.2. The van der Waals surface area contributed by atoms with E-state index >= 15 is 0 Å². The molecule has 1 aromatic carbocycles. The first-order valence-electron chi connectivity index (χ1n) is 6.65. The third-order valence-electron chi connectivity index (χ3n) is 3.21. The molecule has 2 heterocycles. The van der Waals surface area contributed by atoms with Gasteiger partial charge in [-0.2, -0.15) is 13.2 Å². The van der Waals surface area contributed by atoms with Crippen LogP contribution in [0, 0.1) is 0 Å². The average Bonchev–Trinajstić information content (AvgIpc) is 2.91. The van der Waals surface area contributed by atoms with Crippen LogP contribution in [0.4, 0.5) is 24.7 Å². The summed E-state index contributed by atoms with van der Waals surface area (Å²) in [5.74, 6) is 0.387. The Labute approximate surface area is 128 Å². The maximum absolute atomic E-state index is 13.1. The lowest BCUT2D eigenvalue weighted by atomic mass is 10.1. The first kappa shape index (κ1) is 14.8. The van der Waals surface area contributed by atoms with E-state index in [0.717, 1.165) is 27.6 Å². The summed E-state index contributed by atoms with van der Waals surface area (Å²) in [5.41, 5.74) is -0.730. The number of para-hydroxylation sites is 1. The van der Waals surface area contributed by atoms with E-state index < -0.39 is 11.7 Å². The summed E-state index contributed by atoms with van der Waals surface area (Å²) in [5, 5.41) is 3.53. The predicted molar refractivity (Wildman–Crippen MR) is 81.5 cm³/mol. The van der Waals surface area contributed by atoms with Gasteiger partial charge in [-0.25, -0.2) is 9.97 Å². The lowest BCUT2D eigenvalue weighted by molar-refractivity contribution is -0.136. The molecule has 3 rings (SSSR count). The number of hydrogen-bond acceptors (Lipinski definition) is 4. The van der Waals surface area contributed by atoms with Gasteiger partial charge in [0.1, 0.15) is 17.0 Å². The fourth-order valence-corrected chi connectivity index (χ4v) is 3.08. The second-order valence-corrected chi connectivity index (χ2v) is 5.79. The van der Waals surface area contributed by atoms with Crippen LogP contribution < -0.4 is 5.32 Å². The lowest BCUT2D eigenvalue weighted by Crippen LogP contribution is -2.09. The lowest BCUT2D eigenvalue weighted by Gasteiger charge is -2.14. The SMILES string of the molecule is CCc1cc2c(Nc3ccccc3C(F)(F)F)ncnc2s1. The van der Waals surface area contributed by atoms with Crippen LogP contribution in [0.3, 0.4) is 0 Å². The van der Waals surface area contributed by atoms with Crippen molar-refractivity contribution < 1.29 is 13.2 Å². The number of benzene rings is 1. The molecule has 0 saturated carbocycles. The van der Waals surface area contributed by atoms with Crippen molar-refractivity contribution in [1.82, 2.24) is 9.97 Å². The Morgan fingerprint density at radius 1 is 1.18 bits per heavy atom. The molecule has 0 saturated heterocycles. The Hall–Kier alpha value is -2.15. The van der Waals surface area contributed by atoms with Gasteiger partial charge in [0.2, 0.25) is 0 Å². The summed E-state index contributed by atoms with van der Waals surface area (Å²) in [7, 11) is 0. The number of aromatic nitrogens is 2. The number of nitrogens with one attached hydrogen (secondary N) is 1. The second-order valence-electron chi connectivity index (χ2n) is 4.68. The number of alkyl halides is 3. The molecule has 0 fully saturated rings. The van der Waals surface area contributed by atoms with Crippen LogP contribution in [0.15, 0.2) is 36.7 Å². The van der Waals surface area contributed by atoms with Crippen LogP contribution in [-0.4, -0.2) is 9.97 Å². The summed E-state index contributed by atoms with van der Waals surface area (Å²) in [6, 6.07) is 7.28. The van der Waals surface area contributed by atoms with Gasteiger partial charge < -0.3 is 5.32 Å². The van der Waals surface area contributed by atoms with E-state index in [1.807, 2.05) is 13.0 Å². The maximum atomic E-state index is 13.1. The first-order valence-corrected chi connectivity index (χ1v) is 7.47. The molecule has 2 aromatic heterocycles. The van der Waals surface area contributed by atoms with Crippen molar-refractivity contribution in [3.8, 4) is 0 Å². The Kier molecular flexibility index (Phi) is 3.74. The van der Waals surface area contributed by atoms with E-state index in [0.29, 0.717) is 5.82 Å². The van der Waals surface area contributed by atoms with Gasteiger partial charge in [-0.1, -0.05) is 19.1 Å². The number of fused-ring (bicyclic) bond motifs is 1. The van der Waals surface area contributed by atoms with E-state index in [4.69, 9.17) is 0 Å². The van der Waals surface area contributed by atoms with Crippen molar-refractivity contribution in [3.63, 3.8) is 0 Å². The zero-order valence-corrected chi connectivity index (χ0v) is 12.4. The number of halogens is 3. The molecule has 0 aliphatic heterocycles. The Morgan fingerprint density at radius 2 is 1.95 bits per heavy atom. The quantitative estimate of drug-likeness (QED) is 0.736. The first-order chi connectivity index (χ1) is 10.5. The summed E-state index contributed by atoms with van der Waals surface area (Å²) in [6.07, 6.45) is -2.21. The van der Waals surface area contributed by atoms with Gasteiger partial charge in [0.25, 0.3) is 0 Å². The number of thiophene rings is 1. The fraction of sp³-hybridized carbons (Fsp3) is 0.200. The van der Waals surface area contributed by atoms with Gasteiger partial charge in [-0.3, -0.25) is 0 Å². The molecule has 22 heavy (non-hydrogen) atoms. The standard InChI is InChI=1S/C15H12F3N3S/c1-2-9-7-10-13(19-8-20-14(10)22-9)21-12-6-4-3-5-11(12)15(16,17)18/h3-8H,2H2,1H3,(H,19,20,21). The highest BCUT2D eigenvalue weighted by Gasteiger charge is 2.33. The highest BCUT2D eigenvalue weighted by molar-refractivity contribution is 7.18. The van der Waals surface area contributed by atoms with Gasteiger partial charge >= 0.3 is 6.18 Å². The molecule has 0 bridgehead atoms. The smallest absolute Gasteiger partial charge is 0.339 e. The van der Waals surface area contributed by atoms with E-state index in [9.17, 15) is 13.2 Å². The van der Waals surface area contributed by atoms with Gasteiger partial charge in [0.15, 0.2) is 0 Å². The molecule has 7 heteroatoms. The molecule has 0 atom stereocenters. The minimum Gasteiger partial charge on any atom is -0.339 e. The molecular formula is C15H12F3N3S.